The van der Waals surface area contributed by atoms with Crippen LogP contribution in [-0.4, -0.2) is 27.5 Å². The number of carbonyl (C=O) groups excluding carboxylic acids is 3. The number of halogens is 4. The molecule has 0 aliphatic carbocycles. The zero-order valence-electron chi connectivity index (χ0n) is 20.6. The predicted molar refractivity (Wildman–Crippen MR) is 159 cm³/mol. The molecule has 3 atom stereocenters. The highest BCUT2D eigenvalue weighted by molar-refractivity contribution is 8.00. The summed E-state index contributed by atoms with van der Waals surface area (Å²) >= 11 is 20.8. The summed E-state index contributed by atoms with van der Waals surface area (Å²) in [6.45, 7) is -0.322. The van der Waals surface area contributed by atoms with Crippen LogP contribution in [0.4, 0.5) is 15.8 Å². The maximum atomic E-state index is 13.9. The number of amides is 3. The van der Waals surface area contributed by atoms with E-state index >= 15 is 0 Å². The number of nitrogens with zero attached hydrogens (tertiary/aromatic N) is 2. The number of rotatable bonds is 5. The van der Waals surface area contributed by atoms with E-state index in [9.17, 15) is 23.6 Å². The van der Waals surface area contributed by atoms with Crippen molar-refractivity contribution < 1.29 is 18.8 Å². The van der Waals surface area contributed by atoms with E-state index < -0.39 is 45.5 Å². The molecule has 4 aromatic rings. The van der Waals surface area contributed by atoms with E-state index in [2.05, 4.69) is 5.32 Å². The van der Waals surface area contributed by atoms with Gasteiger partial charge in [-0.25, -0.2) is 9.29 Å². The Labute approximate surface area is 255 Å². The number of benzene rings is 3. The largest absolute Gasteiger partial charge is 0.325 e. The van der Waals surface area contributed by atoms with Gasteiger partial charge in [-0.2, -0.15) is 0 Å². The van der Waals surface area contributed by atoms with Crippen LogP contribution in [0.15, 0.2) is 76.6 Å². The van der Waals surface area contributed by atoms with Crippen LogP contribution in [0.25, 0.3) is 0 Å². The lowest BCUT2D eigenvalue weighted by Gasteiger charge is -2.31. The lowest BCUT2D eigenvalue weighted by Crippen LogP contribution is -2.33. The van der Waals surface area contributed by atoms with Crippen molar-refractivity contribution in [2.75, 3.05) is 10.2 Å². The predicted octanol–water partition coefficient (Wildman–Crippen LogP) is 6.44. The topological polar surface area (TPSA) is 88.5 Å². The molecule has 7 nitrogen and oxygen atoms in total. The fourth-order valence-corrected chi connectivity index (χ4v) is 8.39. The summed E-state index contributed by atoms with van der Waals surface area (Å²) in [5.41, 5.74) is 1.21. The molecule has 1 N–H and O–H groups in total. The Morgan fingerprint density at radius 2 is 1.63 bits per heavy atom. The Kier molecular flexibility index (Phi) is 7.46. The third-order valence-corrected chi connectivity index (χ3v) is 10.6. The molecule has 3 amide bonds. The van der Waals surface area contributed by atoms with Gasteiger partial charge in [0.25, 0.3) is 0 Å². The van der Waals surface area contributed by atoms with Gasteiger partial charge in [0.1, 0.15) is 17.6 Å². The molecule has 1 aromatic heterocycles. The van der Waals surface area contributed by atoms with Crippen molar-refractivity contribution >= 4 is 87.0 Å². The van der Waals surface area contributed by atoms with Crippen LogP contribution in [0, 0.1) is 11.7 Å². The number of hydrogen-bond acceptors (Lipinski definition) is 6. The van der Waals surface area contributed by atoms with Crippen molar-refractivity contribution in [2.45, 2.75) is 22.7 Å². The first-order valence-electron chi connectivity index (χ1n) is 12.2. The van der Waals surface area contributed by atoms with Crippen molar-refractivity contribution in [3.05, 3.63) is 108 Å². The number of fused-ring (bicyclic) bond motifs is 2. The Balaban J connectivity index is 1.43. The molecular weight excluding hydrogens is 632 g/mol. The van der Waals surface area contributed by atoms with Gasteiger partial charge in [0.2, 0.25) is 17.7 Å². The van der Waals surface area contributed by atoms with E-state index in [0.29, 0.717) is 26.2 Å². The molecule has 2 aliphatic rings. The number of hydrogen-bond donors (Lipinski definition) is 1. The highest BCUT2D eigenvalue weighted by atomic mass is 35.5. The summed E-state index contributed by atoms with van der Waals surface area (Å²) in [6.07, 6.45) is 0. The summed E-state index contributed by atoms with van der Waals surface area (Å²) in [5, 5.41) is 3.16. The number of thioether (sulfide) groups is 1. The molecule has 208 valence electrons. The minimum Gasteiger partial charge on any atom is -0.325 e. The van der Waals surface area contributed by atoms with Crippen LogP contribution < -0.4 is 15.1 Å². The Morgan fingerprint density at radius 1 is 0.927 bits per heavy atom. The van der Waals surface area contributed by atoms with Gasteiger partial charge in [-0.05, 0) is 60.2 Å². The molecule has 41 heavy (non-hydrogen) atoms. The average Bonchev–Trinajstić information content (AvgIpc) is 3.38. The summed E-state index contributed by atoms with van der Waals surface area (Å²) in [4.78, 5) is 55.0. The molecule has 0 saturated carbocycles. The van der Waals surface area contributed by atoms with Gasteiger partial charge >= 0.3 is 4.87 Å². The number of aromatic nitrogens is 1. The minimum absolute atomic E-state index is 0.198. The van der Waals surface area contributed by atoms with Gasteiger partial charge in [0.15, 0.2) is 0 Å². The standard InChI is InChI=1S/C28H17Cl3FN3O4S2/c29-13-4-8-15(9-5-13)33-19(36)12-34-27-24(41-28(34)39)20(17-2-1-3-18(30)22(17)31)21-23(40-27)26(38)35(25(21)37)16-10-6-14(32)7-11-16/h1-11,20-21,23H,12H2,(H,33,36). The number of thiazole rings is 1. The first-order chi connectivity index (χ1) is 19.6. The van der Waals surface area contributed by atoms with Crippen molar-refractivity contribution in [3.8, 4) is 0 Å². The fourth-order valence-electron chi connectivity index (χ4n) is 5.07. The van der Waals surface area contributed by atoms with E-state index in [-0.39, 0.29) is 22.3 Å². The highest BCUT2D eigenvalue weighted by Gasteiger charge is 2.57. The SMILES string of the molecule is O=C(Cn1c2c(sc1=O)C(c1cccc(Cl)c1Cl)C1C(=O)N(c3ccc(F)cc3)C(=O)C1S2)Nc1ccc(Cl)cc1. The smallest absolute Gasteiger partial charge is 0.308 e. The van der Waals surface area contributed by atoms with Crippen LogP contribution in [0.1, 0.15) is 16.4 Å². The van der Waals surface area contributed by atoms with E-state index in [1.165, 1.54) is 28.8 Å². The molecule has 0 spiro atoms. The molecule has 6 rings (SSSR count). The van der Waals surface area contributed by atoms with Crippen LogP contribution >= 0.6 is 57.9 Å². The van der Waals surface area contributed by atoms with Crippen LogP contribution in [-0.2, 0) is 20.9 Å². The quantitative estimate of drug-likeness (QED) is 0.252. The normalized spacial score (nSPS) is 19.7. The van der Waals surface area contributed by atoms with E-state index in [1.807, 2.05) is 0 Å². The molecule has 0 radical (unpaired) electrons. The van der Waals surface area contributed by atoms with E-state index in [0.717, 1.165) is 28.0 Å². The second-order valence-corrected chi connectivity index (χ2v) is 12.7. The zero-order chi connectivity index (χ0) is 29.0. The molecule has 2 aliphatic heterocycles. The molecule has 3 heterocycles. The number of carbonyl (C=O) groups is 3. The maximum Gasteiger partial charge on any atom is 0.308 e. The molecule has 0 bridgehead atoms. The summed E-state index contributed by atoms with van der Waals surface area (Å²) in [5.74, 6) is -3.69. The highest BCUT2D eigenvalue weighted by Crippen LogP contribution is 2.55. The lowest BCUT2D eigenvalue weighted by molar-refractivity contribution is -0.122. The van der Waals surface area contributed by atoms with Crippen molar-refractivity contribution in [3.63, 3.8) is 0 Å². The van der Waals surface area contributed by atoms with Crippen LogP contribution in [0.5, 0.6) is 0 Å². The molecule has 13 heteroatoms. The van der Waals surface area contributed by atoms with Crippen molar-refractivity contribution in [2.24, 2.45) is 5.92 Å². The molecule has 3 unspecified atom stereocenters. The van der Waals surface area contributed by atoms with E-state index in [4.69, 9.17) is 34.8 Å². The zero-order valence-corrected chi connectivity index (χ0v) is 24.5. The Hall–Kier alpha value is -3.15. The fraction of sp³-hybridized carbons (Fsp3) is 0.143. The van der Waals surface area contributed by atoms with Gasteiger partial charge in [-0.3, -0.25) is 23.7 Å². The van der Waals surface area contributed by atoms with E-state index in [1.54, 1.807) is 42.5 Å². The summed E-state index contributed by atoms with van der Waals surface area (Å²) in [6, 6.07) is 16.6. The van der Waals surface area contributed by atoms with Gasteiger partial charge in [0, 0.05) is 21.5 Å². The van der Waals surface area contributed by atoms with Crippen molar-refractivity contribution in [1.29, 1.82) is 0 Å². The number of imide groups is 1. The molecule has 3 aromatic carbocycles. The molecule has 1 saturated heterocycles. The second kappa shape index (κ2) is 10.9. The first-order valence-corrected chi connectivity index (χ1v) is 15.0. The summed E-state index contributed by atoms with van der Waals surface area (Å²) < 4.78 is 14.9. The number of anilines is 2. The monoisotopic (exact) mass is 647 g/mol. The van der Waals surface area contributed by atoms with Crippen LogP contribution in [0.2, 0.25) is 15.1 Å². The second-order valence-electron chi connectivity index (χ2n) is 9.35. The van der Waals surface area contributed by atoms with Gasteiger partial charge in [-0.1, -0.05) is 70.0 Å². The average molecular weight is 649 g/mol. The maximum absolute atomic E-state index is 13.9. The van der Waals surface area contributed by atoms with Gasteiger partial charge in [-0.15, -0.1) is 0 Å². The third kappa shape index (κ3) is 4.97. The van der Waals surface area contributed by atoms with Crippen LogP contribution in [0.3, 0.4) is 0 Å². The lowest BCUT2D eigenvalue weighted by atomic mass is 9.83. The minimum atomic E-state index is -0.931. The van der Waals surface area contributed by atoms with Gasteiger partial charge in [0.05, 0.1) is 26.7 Å². The number of nitrogens with one attached hydrogen (secondary N) is 1. The first kappa shape index (κ1) is 28.0. The Bertz CT molecular complexity index is 1780. The summed E-state index contributed by atoms with van der Waals surface area (Å²) in [7, 11) is 0. The molecule has 1 fully saturated rings. The van der Waals surface area contributed by atoms with Crippen molar-refractivity contribution in [1.82, 2.24) is 4.57 Å². The molecular formula is C28H17Cl3FN3O4S2. The van der Waals surface area contributed by atoms with Gasteiger partial charge < -0.3 is 5.32 Å². The third-order valence-electron chi connectivity index (χ3n) is 6.88. The Morgan fingerprint density at radius 3 is 2.34 bits per heavy atom.